The van der Waals surface area contributed by atoms with Crippen LogP contribution in [0.1, 0.15) is 27.2 Å². The molecular formula is C12H22O6. The Bertz CT molecular complexity index is 241. The van der Waals surface area contributed by atoms with Crippen molar-refractivity contribution in [2.45, 2.75) is 33.3 Å². The fourth-order valence-corrected chi connectivity index (χ4v) is 1.21. The predicted octanol–water partition coefficient (Wildman–Crippen LogP) is 0.924. The van der Waals surface area contributed by atoms with Gasteiger partial charge in [0.25, 0.3) is 0 Å². The first kappa shape index (κ1) is 16.9. The van der Waals surface area contributed by atoms with Gasteiger partial charge in [-0.25, -0.2) is 4.79 Å². The number of hydrogen-bond donors (Lipinski definition) is 0. The standard InChI is InChI=1S/C12H22O6/c1-4-15-7-8-18-10(12(14)17-6-3)9-11(13)16-5-2/h10H,4-9H2,1-3H3. The van der Waals surface area contributed by atoms with E-state index in [0.717, 1.165) is 0 Å². The maximum Gasteiger partial charge on any atom is 0.335 e. The zero-order valence-electron chi connectivity index (χ0n) is 11.3. The Labute approximate surface area is 108 Å². The van der Waals surface area contributed by atoms with Gasteiger partial charge >= 0.3 is 11.9 Å². The summed E-state index contributed by atoms with van der Waals surface area (Å²) in [6, 6.07) is 0. The van der Waals surface area contributed by atoms with Crippen LogP contribution in [0.4, 0.5) is 0 Å². The first-order valence-electron chi connectivity index (χ1n) is 6.17. The van der Waals surface area contributed by atoms with E-state index in [4.69, 9.17) is 18.9 Å². The van der Waals surface area contributed by atoms with Crippen LogP contribution in [0.3, 0.4) is 0 Å². The van der Waals surface area contributed by atoms with Crippen LogP contribution >= 0.6 is 0 Å². The number of rotatable bonds is 10. The number of carbonyl (C=O) groups is 2. The normalized spacial score (nSPS) is 11.9. The van der Waals surface area contributed by atoms with Gasteiger partial charge in [-0.15, -0.1) is 0 Å². The van der Waals surface area contributed by atoms with Crippen molar-refractivity contribution in [1.29, 1.82) is 0 Å². The minimum atomic E-state index is -0.926. The summed E-state index contributed by atoms with van der Waals surface area (Å²) in [6.07, 6.45) is -1.07. The first-order chi connectivity index (χ1) is 8.65. The highest BCUT2D eigenvalue weighted by Crippen LogP contribution is 2.04. The Balaban J connectivity index is 4.15. The Kier molecular flexibility index (Phi) is 10.3. The molecule has 1 atom stereocenters. The lowest BCUT2D eigenvalue weighted by molar-refractivity contribution is -0.164. The molecule has 0 aliphatic rings. The third kappa shape index (κ3) is 8.03. The van der Waals surface area contributed by atoms with Gasteiger partial charge in [0, 0.05) is 6.61 Å². The van der Waals surface area contributed by atoms with E-state index in [1.165, 1.54) is 0 Å². The SMILES string of the molecule is CCOCCOC(CC(=O)OCC)C(=O)OCC. The van der Waals surface area contributed by atoms with E-state index in [1.54, 1.807) is 13.8 Å². The van der Waals surface area contributed by atoms with Gasteiger partial charge in [0.05, 0.1) is 32.8 Å². The van der Waals surface area contributed by atoms with Gasteiger partial charge in [-0.3, -0.25) is 4.79 Å². The molecule has 0 aromatic carbocycles. The molecule has 0 fully saturated rings. The number of ether oxygens (including phenoxy) is 4. The minimum Gasteiger partial charge on any atom is -0.466 e. The molecule has 0 heterocycles. The molecule has 0 radical (unpaired) electrons. The Morgan fingerprint density at radius 3 is 2.17 bits per heavy atom. The molecule has 0 aromatic rings. The van der Waals surface area contributed by atoms with E-state index in [-0.39, 0.29) is 26.2 Å². The summed E-state index contributed by atoms with van der Waals surface area (Å²) < 4.78 is 20.0. The van der Waals surface area contributed by atoms with Crippen molar-refractivity contribution in [2.75, 3.05) is 33.0 Å². The third-order valence-electron chi connectivity index (χ3n) is 1.96. The highest BCUT2D eigenvalue weighted by atomic mass is 16.6. The molecule has 0 amide bonds. The Hall–Kier alpha value is -1.14. The van der Waals surface area contributed by atoms with Crippen LogP contribution < -0.4 is 0 Å². The number of carbonyl (C=O) groups excluding carboxylic acids is 2. The summed E-state index contributed by atoms with van der Waals surface area (Å²) in [4.78, 5) is 22.9. The second-order valence-corrected chi connectivity index (χ2v) is 3.32. The zero-order chi connectivity index (χ0) is 13.8. The van der Waals surface area contributed by atoms with Crippen LogP contribution in [-0.4, -0.2) is 51.1 Å². The van der Waals surface area contributed by atoms with Crippen molar-refractivity contribution in [3.63, 3.8) is 0 Å². The van der Waals surface area contributed by atoms with Crippen molar-refractivity contribution in [3.05, 3.63) is 0 Å². The van der Waals surface area contributed by atoms with Crippen molar-refractivity contribution >= 4 is 11.9 Å². The Morgan fingerprint density at radius 1 is 0.944 bits per heavy atom. The van der Waals surface area contributed by atoms with E-state index >= 15 is 0 Å². The fraction of sp³-hybridized carbons (Fsp3) is 0.833. The summed E-state index contributed by atoms with van der Waals surface area (Å²) in [5.41, 5.74) is 0. The molecular weight excluding hydrogens is 240 g/mol. The molecule has 18 heavy (non-hydrogen) atoms. The topological polar surface area (TPSA) is 71.1 Å². The molecule has 6 heteroatoms. The van der Waals surface area contributed by atoms with Gasteiger partial charge in [0.1, 0.15) is 0 Å². The highest BCUT2D eigenvalue weighted by Gasteiger charge is 2.24. The van der Waals surface area contributed by atoms with Gasteiger partial charge in [-0.1, -0.05) is 0 Å². The highest BCUT2D eigenvalue weighted by molar-refractivity contribution is 5.81. The number of hydrogen-bond acceptors (Lipinski definition) is 6. The van der Waals surface area contributed by atoms with Crippen molar-refractivity contribution in [2.24, 2.45) is 0 Å². The fourth-order valence-electron chi connectivity index (χ4n) is 1.21. The largest absolute Gasteiger partial charge is 0.466 e. The summed E-state index contributed by atoms with van der Waals surface area (Å²) in [7, 11) is 0. The summed E-state index contributed by atoms with van der Waals surface area (Å²) in [5, 5.41) is 0. The van der Waals surface area contributed by atoms with Crippen LogP contribution in [0.25, 0.3) is 0 Å². The van der Waals surface area contributed by atoms with E-state index in [0.29, 0.717) is 13.2 Å². The van der Waals surface area contributed by atoms with Crippen molar-refractivity contribution in [3.8, 4) is 0 Å². The van der Waals surface area contributed by atoms with E-state index < -0.39 is 18.0 Å². The van der Waals surface area contributed by atoms with Crippen LogP contribution in [0.15, 0.2) is 0 Å². The summed E-state index contributed by atoms with van der Waals surface area (Å²) in [5.74, 6) is -1.03. The zero-order valence-corrected chi connectivity index (χ0v) is 11.3. The maximum atomic E-state index is 11.6. The predicted molar refractivity (Wildman–Crippen MR) is 64.1 cm³/mol. The average molecular weight is 262 g/mol. The van der Waals surface area contributed by atoms with Gasteiger partial charge in [0.2, 0.25) is 0 Å². The maximum absolute atomic E-state index is 11.6. The summed E-state index contributed by atoms with van der Waals surface area (Å²) in [6.45, 7) is 6.95. The third-order valence-corrected chi connectivity index (χ3v) is 1.96. The smallest absolute Gasteiger partial charge is 0.335 e. The van der Waals surface area contributed by atoms with E-state index in [1.807, 2.05) is 6.92 Å². The summed E-state index contributed by atoms with van der Waals surface area (Å²) >= 11 is 0. The van der Waals surface area contributed by atoms with Crippen LogP contribution in [0.2, 0.25) is 0 Å². The number of esters is 2. The molecule has 0 aromatic heterocycles. The van der Waals surface area contributed by atoms with Gasteiger partial charge < -0.3 is 18.9 Å². The lowest BCUT2D eigenvalue weighted by atomic mass is 10.2. The molecule has 0 N–H and O–H groups in total. The molecule has 0 spiro atoms. The molecule has 0 rings (SSSR count). The van der Waals surface area contributed by atoms with E-state index in [2.05, 4.69) is 0 Å². The molecule has 6 nitrogen and oxygen atoms in total. The lowest BCUT2D eigenvalue weighted by Gasteiger charge is -2.15. The molecule has 0 aliphatic carbocycles. The second kappa shape index (κ2) is 11.0. The van der Waals surface area contributed by atoms with Crippen LogP contribution in [0.5, 0.6) is 0 Å². The minimum absolute atomic E-state index is 0.140. The second-order valence-electron chi connectivity index (χ2n) is 3.32. The van der Waals surface area contributed by atoms with Gasteiger partial charge in [-0.2, -0.15) is 0 Å². The van der Waals surface area contributed by atoms with E-state index in [9.17, 15) is 9.59 Å². The lowest BCUT2D eigenvalue weighted by Crippen LogP contribution is -2.31. The molecule has 1 unspecified atom stereocenters. The quantitative estimate of drug-likeness (QED) is 0.431. The van der Waals surface area contributed by atoms with Crippen LogP contribution in [0, 0.1) is 0 Å². The van der Waals surface area contributed by atoms with Crippen LogP contribution in [-0.2, 0) is 28.5 Å². The van der Waals surface area contributed by atoms with Crippen molar-refractivity contribution in [1.82, 2.24) is 0 Å². The van der Waals surface area contributed by atoms with Gasteiger partial charge in [0.15, 0.2) is 6.10 Å². The Morgan fingerprint density at radius 2 is 1.61 bits per heavy atom. The van der Waals surface area contributed by atoms with Gasteiger partial charge in [-0.05, 0) is 20.8 Å². The molecule has 106 valence electrons. The molecule has 0 bridgehead atoms. The first-order valence-corrected chi connectivity index (χ1v) is 6.17. The monoisotopic (exact) mass is 262 g/mol. The molecule has 0 saturated carbocycles. The average Bonchev–Trinajstić information content (AvgIpc) is 2.33. The molecule has 0 saturated heterocycles. The van der Waals surface area contributed by atoms with Crippen molar-refractivity contribution < 1.29 is 28.5 Å². The molecule has 0 aliphatic heterocycles.